The van der Waals surface area contributed by atoms with Crippen molar-refractivity contribution in [2.45, 2.75) is 23.7 Å². The minimum Gasteiger partial charge on any atom is -0.476 e. The average Bonchev–Trinajstić information content (AvgIpc) is 3.07. The summed E-state index contributed by atoms with van der Waals surface area (Å²) in [5.41, 5.74) is 1.13. The molecule has 2 fully saturated rings. The Labute approximate surface area is 155 Å². The van der Waals surface area contributed by atoms with Crippen LogP contribution >= 0.6 is 0 Å². The van der Waals surface area contributed by atoms with Gasteiger partial charge in [-0.2, -0.15) is 0 Å². The van der Waals surface area contributed by atoms with Crippen LogP contribution < -0.4 is 9.46 Å². The van der Waals surface area contributed by atoms with Crippen molar-refractivity contribution < 1.29 is 21.9 Å². The quantitative estimate of drug-likeness (QED) is 0.805. The van der Waals surface area contributed by atoms with Gasteiger partial charge in [-0.1, -0.05) is 0 Å². The normalized spacial score (nSPS) is 26.0. The van der Waals surface area contributed by atoms with Gasteiger partial charge in [-0.15, -0.1) is 0 Å². The summed E-state index contributed by atoms with van der Waals surface area (Å²) in [6, 6.07) is 1.46. The third-order valence-corrected chi connectivity index (χ3v) is 6.78. The van der Waals surface area contributed by atoms with E-state index in [1.54, 1.807) is 17.1 Å². The van der Waals surface area contributed by atoms with Gasteiger partial charge >= 0.3 is 0 Å². The lowest BCUT2D eigenvalue weighted by molar-refractivity contribution is 0.0575. The summed E-state index contributed by atoms with van der Waals surface area (Å²) in [6.45, 7) is 0.172. The predicted octanol–water partition coefficient (Wildman–Crippen LogP) is 2.06. The number of hydrogen-bond acceptors (Lipinski definition) is 5. The standard InChI is InChI=1S/C17H20F2N4O3S/c1-20-27(24,25)15-5-11(14-7-23(2)9-22-14)6-21-16(15)26-8-10-3-12-13(4-10)17(12,18)19/h5-7,9-10,12-13,20H,3-4,8H2,1-2H3/t10?,12-,13+. The van der Waals surface area contributed by atoms with Gasteiger partial charge in [-0.25, -0.2) is 31.9 Å². The maximum absolute atomic E-state index is 13.3. The van der Waals surface area contributed by atoms with Crippen LogP contribution in [0.25, 0.3) is 11.3 Å². The number of nitrogens with zero attached hydrogens (tertiary/aromatic N) is 3. The molecule has 2 saturated carbocycles. The smallest absolute Gasteiger partial charge is 0.254 e. The topological polar surface area (TPSA) is 86.1 Å². The predicted molar refractivity (Wildman–Crippen MR) is 92.8 cm³/mol. The van der Waals surface area contributed by atoms with Crippen LogP contribution in [-0.2, 0) is 17.1 Å². The number of rotatable bonds is 6. The van der Waals surface area contributed by atoms with Crippen molar-refractivity contribution in [1.82, 2.24) is 19.3 Å². The second-order valence-corrected chi connectivity index (χ2v) is 9.05. The highest BCUT2D eigenvalue weighted by Gasteiger charge is 2.71. The van der Waals surface area contributed by atoms with Gasteiger partial charge in [0.15, 0.2) is 0 Å². The maximum atomic E-state index is 13.3. The number of sulfonamides is 1. The fourth-order valence-corrected chi connectivity index (χ4v) is 4.64. The van der Waals surface area contributed by atoms with E-state index in [0.717, 1.165) is 0 Å². The lowest BCUT2D eigenvalue weighted by Gasteiger charge is -2.16. The van der Waals surface area contributed by atoms with Crippen LogP contribution in [0.15, 0.2) is 29.7 Å². The van der Waals surface area contributed by atoms with E-state index in [1.165, 1.54) is 19.3 Å². The lowest BCUT2D eigenvalue weighted by Crippen LogP contribution is -2.21. The fraction of sp³-hybridized carbons (Fsp3) is 0.529. The molecular weight excluding hydrogens is 378 g/mol. The fourth-order valence-electron chi connectivity index (χ4n) is 3.80. The number of imidazole rings is 1. The molecule has 0 amide bonds. The number of alkyl halides is 2. The van der Waals surface area contributed by atoms with Gasteiger partial charge in [0.05, 0.1) is 18.6 Å². The second-order valence-electron chi connectivity index (χ2n) is 7.20. The highest BCUT2D eigenvalue weighted by Crippen LogP contribution is 2.65. The van der Waals surface area contributed by atoms with E-state index in [4.69, 9.17) is 4.74 Å². The van der Waals surface area contributed by atoms with Crippen LogP contribution in [0.1, 0.15) is 12.8 Å². The summed E-state index contributed by atoms with van der Waals surface area (Å²) in [6.07, 6.45) is 5.65. The van der Waals surface area contributed by atoms with Crippen molar-refractivity contribution in [1.29, 1.82) is 0 Å². The summed E-state index contributed by atoms with van der Waals surface area (Å²) >= 11 is 0. The number of halogens is 2. The van der Waals surface area contributed by atoms with Gasteiger partial charge in [-0.05, 0) is 31.9 Å². The first-order valence-corrected chi connectivity index (χ1v) is 10.1. The molecule has 0 saturated heterocycles. The first-order valence-electron chi connectivity index (χ1n) is 8.65. The molecule has 10 heteroatoms. The Morgan fingerprint density at radius 1 is 1.33 bits per heavy atom. The molecular formula is C17H20F2N4O3S. The van der Waals surface area contributed by atoms with E-state index in [9.17, 15) is 17.2 Å². The zero-order chi connectivity index (χ0) is 19.4. The Hall–Kier alpha value is -2.07. The second kappa shape index (κ2) is 6.23. The van der Waals surface area contributed by atoms with Crippen molar-refractivity contribution in [3.8, 4) is 17.1 Å². The summed E-state index contributed by atoms with van der Waals surface area (Å²) in [7, 11) is -0.698. The number of pyridine rings is 1. The van der Waals surface area contributed by atoms with E-state index >= 15 is 0 Å². The van der Waals surface area contributed by atoms with Crippen LogP contribution in [0.2, 0.25) is 0 Å². The molecule has 2 aliphatic rings. The molecule has 0 bridgehead atoms. The number of hydrogen-bond donors (Lipinski definition) is 1. The Kier molecular flexibility index (Phi) is 4.22. The monoisotopic (exact) mass is 398 g/mol. The Morgan fingerprint density at radius 3 is 2.63 bits per heavy atom. The highest BCUT2D eigenvalue weighted by molar-refractivity contribution is 7.89. The SMILES string of the molecule is CNS(=O)(=O)c1cc(-c2cn(C)cn2)cnc1OCC1C[C@@H]2[C@H](C1)C2(F)F. The van der Waals surface area contributed by atoms with Crippen LogP contribution in [0.5, 0.6) is 5.88 Å². The zero-order valence-electron chi connectivity index (χ0n) is 14.9. The summed E-state index contributed by atoms with van der Waals surface area (Å²) in [4.78, 5) is 8.26. The molecule has 7 nitrogen and oxygen atoms in total. The van der Waals surface area contributed by atoms with Gasteiger partial charge in [0.2, 0.25) is 15.9 Å². The largest absolute Gasteiger partial charge is 0.476 e. The maximum Gasteiger partial charge on any atom is 0.254 e. The Morgan fingerprint density at radius 2 is 2.04 bits per heavy atom. The van der Waals surface area contributed by atoms with Crippen LogP contribution in [-0.4, -0.2) is 42.5 Å². The molecule has 3 atom stereocenters. The van der Waals surface area contributed by atoms with Crippen molar-refractivity contribution >= 4 is 10.0 Å². The van der Waals surface area contributed by atoms with Gasteiger partial charge in [0.25, 0.3) is 5.92 Å². The summed E-state index contributed by atoms with van der Waals surface area (Å²) < 4.78 is 61.0. The van der Waals surface area contributed by atoms with Crippen molar-refractivity contribution in [2.75, 3.05) is 13.7 Å². The Bertz CT molecular complexity index is 962. The van der Waals surface area contributed by atoms with Gasteiger partial charge in [-0.3, -0.25) is 0 Å². The minimum atomic E-state index is -3.81. The van der Waals surface area contributed by atoms with Gasteiger partial charge in [0.1, 0.15) is 4.90 Å². The molecule has 2 aromatic rings. The van der Waals surface area contributed by atoms with Crippen LogP contribution in [0.3, 0.4) is 0 Å². The Balaban J connectivity index is 1.55. The zero-order valence-corrected chi connectivity index (χ0v) is 15.7. The van der Waals surface area contributed by atoms with E-state index in [1.807, 2.05) is 7.05 Å². The van der Waals surface area contributed by atoms with Crippen molar-refractivity contribution in [3.05, 3.63) is 24.8 Å². The van der Waals surface area contributed by atoms with E-state index in [2.05, 4.69) is 14.7 Å². The minimum absolute atomic E-state index is 0.0120. The van der Waals surface area contributed by atoms with E-state index in [0.29, 0.717) is 24.1 Å². The molecule has 0 radical (unpaired) electrons. The molecule has 1 unspecified atom stereocenters. The highest BCUT2D eigenvalue weighted by atomic mass is 32.2. The third kappa shape index (κ3) is 3.20. The number of nitrogens with one attached hydrogen (secondary N) is 1. The van der Waals surface area contributed by atoms with Gasteiger partial charge in [0, 0.05) is 36.8 Å². The first-order chi connectivity index (χ1) is 12.7. The number of ether oxygens (including phenoxy) is 1. The number of fused-ring (bicyclic) bond motifs is 1. The van der Waals surface area contributed by atoms with Crippen LogP contribution in [0, 0.1) is 17.8 Å². The summed E-state index contributed by atoms with van der Waals surface area (Å²) in [5.74, 6) is -3.67. The van der Waals surface area contributed by atoms with Gasteiger partial charge < -0.3 is 9.30 Å². The summed E-state index contributed by atoms with van der Waals surface area (Å²) in [5, 5.41) is 0. The average molecular weight is 398 g/mol. The van der Waals surface area contributed by atoms with E-state index in [-0.39, 0.29) is 23.3 Å². The molecule has 1 N–H and O–H groups in total. The van der Waals surface area contributed by atoms with E-state index < -0.39 is 27.8 Å². The lowest BCUT2D eigenvalue weighted by atomic mass is 10.0. The number of aryl methyl sites for hydroxylation is 1. The van der Waals surface area contributed by atoms with Crippen molar-refractivity contribution in [2.24, 2.45) is 24.8 Å². The number of aromatic nitrogens is 3. The molecule has 4 rings (SSSR count). The third-order valence-electron chi connectivity index (χ3n) is 5.37. The molecule has 146 valence electrons. The molecule has 2 heterocycles. The molecule has 0 aromatic carbocycles. The first kappa shape index (κ1) is 18.3. The van der Waals surface area contributed by atoms with Crippen LogP contribution in [0.4, 0.5) is 8.78 Å². The molecule has 0 spiro atoms. The molecule has 2 aliphatic carbocycles. The molecule has 2 aromatic heterocycles. The molecule has 27 heavy (non-hydrogen) atoms. The van der Waals surface area contributed by atoms with Crippen molar-refractivity contribution in [3.63, 3.8) is 0 Å². The molecule has 0 aliphatic heterocycles.